The molecule has 2 rings (SSSR count). The van der Waals surface area contributed by atoms with Crippen molar-refractivity contribution in [1.29, 1.82) is 0 Å². The molecule has 0 spiro atoms. The molecule has 0 unspecified atom stereocenters. The molecular formula is C15H14FN3O2. The van der Waals surface area contributed by atoms with Crippen LogP contribution in [0.15, 0.2) is 30.6 Å². The first-order valence-corrected chi connectivity index (χ1v) is 6.24. The topological polar surface area (TPSA) is 69.2 Å². The van der Waals surface area contributed by atoms with Gasteiger partial charge in [0.25, 0.3) is 5.91 Å². The van der Waals surface area contributed by atoms with E-state index in [4.69, 9.17) is 5.11 Å². The lowest BCUT2D eigenvalue weighted by molar-refractivity contribution is 0.0780. The summed E-state index contributed by atoms with van der Waals surface area (Å²) in [6.45, 7) is 0.0383. The third-order valence-electron chi connectivity index (χ3n) is 2.83. The van der Waals surface area contributed by atoms with Crippen molar-refractivity contribution in [2.75, 3.05) is 13.7 Å². The Hall–Kier alpha value is -2.65. The molecular weight excluding hydrogens is 273 g/mol. The fraction of sp³-hybridized carbons (Fsp3) is 0.200. The maximum Gasteiger partial charge on any atom is 0.256 e. The average Bonchev–Trinajstić information content (AvgIpc) is 2.97. The van der Waals surface area contributed by atoms with Crippen molar-refractivity contribution in [1.82, 2.24) is 15.1 Å². The fourth-order valence-corrected chi connectivity index (χ4v) is 1.82. The average molecular weight is 287 g/mol. The quantitative estimate of drug-likeness (QED) is 0.832. The van der Waals surface area contributed by atoms with Crippen molar-refractivity contribution in [2.45, 2.75) is 6.54 Å². The van der Waals surface area contributed by atoms with Crippen LogP contribution in [0.5, 0.6) is 0 Å². The molecule has 108 valence electrons. The molecule has 0 saturated heterocycles. The van der Waals surface area contributed by atoms with Crippen LogP contribution in [0.4, 0.5) is 4.39 Å². The Kier molecular flexibility index (Phi) is 4.69. The van der Waals surface area contributed by atoms with Crippen molar-refractivity contribution in [3.8, 4) is 11.8 Å². The fourth-order valence-electron chi connectivity index (χ4n) is 1.82. The van der Waals surface area contributed by atoms with E-state index >= 15 is 0 Å². The Labute approximate surface area is 121 Å². The highest BCUT2D eigenvalue weighted by Crippen LogP contribution is 2.13. The van der Waals surface area contributed by atoms with Gasteiger partial charge in [-0.25, -0.2) is 4.39 Å². The first-order chi connectivity index (χ1) is 10.1. The maximum atomic E-state index is 14.0. The summed E-state index contributed by atoms with van der Waals surface area (Å²) in [5, 5.41) is 15.0. The summed E-state index contributed by atoms with van der Waals surface area (Å²) in [7, 11) is 1.59. The van der Waals surface area contributed by atoms with Gasteiger partial charge in [0.05, 0.1) is 11.8 Å². The van der Waals surface area contributed by atoms with Crippen LogP contribution in [0.1, 0.15) is 21.5 Å². The number of halogens is 1. The highest BCUT2D eigenvalue weighted by Gasteiger charge is 2.16. The van der Waals surface area contributed by atoms with E-state index in [9.17, 15) is 9.18 Å². The van der Waals surface area contributed by atoms with Gasteiger partial charge in [-0.2, -0.15) is 5.10 Å². The number of aromatic nitrogens is 2. The van der Waals surface area contributed by atoms with Gasteiger partial charge in [0.15, 0.2) is 0 Å². The predicted octanol–water partition coefficient (Wildman–Crippen LogP) is 1.16. The Morgan fingerprint density at radius 3 is 2.95 bits per heavy atom. The van der Waals surface area contributed by atoms with E-state index < -0.39 is 11.7 Å². The zero-order chi connectivity index (χ0) is 15.2. The molecule has 1 aromatic carbocycles. The number of nitrogens with zero attached hydrogens (tertiary/aromatic N) is 2. The molecule has 0 atom stereocenters. The SMILES string of the molecule is CN(Cc1cn[nH]c1)C(=O)c1ccc(C#CCO)cc1F. The van der Waals surface area contributed by atoms with Gasteiger partial charge in [0.2, 0.25) is 0 Å². The number of hydrogen-bond acceptors (Lipinski definition) is 3. The number of H-pyrrole nitrogens is 1. The van der Waals surface area contributed by atoms with Gasteiger partial charge in [0.1, 0.15) is 12.4 Å². The largest absolute Gasteiger partial charge is 0.384 e. The van der Waals surface area contributed by atoms with Gasteiger partial charge in [-0.3, -0.25) is 9.89 Å². The van der Waals surface area contributed by atoms with Crippen LogP contribution < -0.4 is 0 Å². The number of amides is 1. The van der Waals surface area contributed by atoms with Gasteiger partial charge in [-0.15, -0.1) is 0 Å². The number of aromatic amines is 1. The third kappa shape index (κ3) is 3.68. The lowest BCUT2D eigenvalue weighted by Gasteiger charge is -2.16. The number of aliphatic hydroxyl groups is 1. The van der Waals surface area contributed by atoms with E-state index in [1.54, 1.807) is 25.5 Å². The Morgan fingerprint density at radius 2 is 2.33 bits per heavy atom. The van der Waals surface area contributed by atoms with Gasteiger partial charge in [0, 0.05) is 30.9 Å². The van der Waals surface area contributed by atoms with Crippen LogP contribution >= 0.6 is 0 Å². The zero-order valence-corrected chi connectivity index (χ0v) is 11.4. The van der Waals surface area contributed by atoms with Crippen LogP contribution in [0.3, 0.4) is 0 Å². The van der Waals surface area contributed by atoms with E-state index in [-0.39, 0.29) is 12.2 Å². The molecule has 1 aromatic heterocycles. The van der Waals surface area contributed by atoms with Gasteiger partial charge in [-0.05, 0) is 18.2 Å². The van der Waals surface area contributed by atoms with Crippen LogP contribution in [0.2, 0.25) is 0 Å². The minimum absolute atomic E-state index is 0.0180. The maximum absolute atomic E-state index is 14.0. The second-order valence-electron chi connectivity index (χ2n) is 4.42. The third-order valence-corrected chi connectivity index (χ3v) is 2.83. The molecule has 1 heterocycles. The second kappa shape index (κ2) is 6.68. The van der Waals surface area contributed by atoms with E-state index in [2.05, 4.69) is 22.0 Å². The highest BCUT2D eigenvalue weighted by atomic mass is 19.1. The molecule has 0 radical (unpaired) electrons. The van der Waals surface area contributed by atoms with E-state index in [1.165, 1.54) is 17.0 Å². The highest BCUT2D eigenvalue weighted by molar-refractivity contribution is 5.94. The summed E-state index contributed by atoms with van der Waals surface area (Å²) in [6, 6.07) is 4.12. The normalized spacial score (nSPS) is 9.86. The van der Waals surface area contributed by atoms with Crippen LogP contribution in [0, 0.1) is 17.7 Å². The van der Waals surface area contributed by atoms with E-state index in [1.807, 2.05) is 0 Å². The standard InChI is InChI=1S/C15H14FN3O2/c1-19(10-12-8-17-18-9-12)15(21)13-5-4-11(3-2-6-20)7-14(13)16/h4-5,7-9,20H,6,10H2,1H3,(H,17,18). The second-order valence-corrected chi connectivity index (χ2v) is 4.42. The molecule has 0 fully saturated rings. The molecule has 0 aliphatic heterocycles. The summed E-state index contributed by atoms with van der Waals surface area (Å²) in [4.78, 5) is 13.6. The predicted molar refractivity (Wildman–Crippen MR) is 74.7 cm³/mol. The Morgan fingerprint density at radius 1 is 1.52 bits per heavy atom. The molecule has 6 heteroatoms. The molecule has 5 nitrogen and oxygen atoms in total. The summed E-state index contributed by atoms with van der Waals surface area (Å²) < 4.78 is 14.0. The molecule has 0 aliphatic rings. The molecule has 1 amide bonds. The minimum Gasteiger partial charge on any atom is -0.384 e. The van der Waals surface area contributed by atoms with E-state index in [0.717, 1.165) is 5.56 Å². The molecule has 0 saturated carbocycles. The monoisotopic (exact) mass is 287 g/mol. The molecule has 2 N–H and O–H groups in total. The minimum atomic E-state index is -0.635. The summed E-state index contributed by atoms with van der Waals surface area (Å²) >= 11 is 0. The van der Waals surface area contributed by atoms with E-state index in [0.29, 0.717) is 12.1 Å². The number of nitrogens with one attached hydrogen (secondary N) is 1. The van der Waals surface area contributed by atoms with Crippen molar-refractivity contribution in [3.63, 3.8) is 0 Å². The molecule has 2 aromatic rings. The number of carbonyl (C=O) groups is 1. The van der Waals surface area contributed by atoms with Crippen LogP contribution in [-0.4, -0.2) is 39.8 Å². The number of carbonyl (C=O) groups excluding carboxylic acids is 1. The summed E-state index contributed by atoms with van der Waals surface area (Å²) in [6.07, 6.45) is 3.28. The lowest BCUT2D eigenvalue weighted by Crippen LogP contribution is -2.26. The number of aliphatic hydroxyl groups excluding tert-OH is 1. The van der Waals surface area contributed by atoms with Crippen molar-refractivity contribution >= 4 is 5.91 Å². The first-order valence-electron chi connectivity index (χ1n) is 6.24. The number of benzene rings is 1. The zero-order valence-electron chi connectivity index (χ0n) is 11.4. The van der Waals surface area contributed by atoms with Gasteiger partial charge in [-0.1, -0.05) is 11.8 Å². The summed E-state index contributed by atoms with van der Waals surface area (Å²) in [5.41, 5.74) is 1.22. The van der Waals surface area contributed by atoms with Gasteiger partial charge >= 0.3 is 0 Å². The lowest BCUT2D eigenvalue weighted by atomic mass is 10.1. The molecule has 21 heavy (non-hydrogen) atoms. The number of rotatable bonds is 3. The molecule has 0 aliphatic carbocycles. The van der Waals surface area contributed by atoms with Crippen molar-refractivity contribution in [2.24, 2.45) is 0 Å². The molecule has 0 bridgehead atoms. The Bertz CT molecular complexity index is 687. The first kappa shape index (κ1) is 14.8. The van der Waals surface area contributed by atoms with Gasteiger partial charge < -0.3 is 10.0 Å². The Balaban J connectivity index is 2.15. The van der Waals surface area contributed by atoms with Crippen LogP contribution in [-0.2, 0) is 6.54 Å². The number of hydrogen-bond donors (Lipinski definition) is 2. The smallest absolute Gasteiger partial charge is 0.256 e. The van der Waals surface area contributed by atoms with Crippen molar-refractivity contribution < 1.29 is 14.3 Å². The van der Waals surface area contributed by atoms with Crippen LogP contribution in [0.25, 0.3) is 0 Å². The van der Waals surface area contributed by atoms with Crippen molar-refractivity contribution in [3.05, 3.63) is 53.1 Å². The summed E-state index contributed by atoms with van der Waals surface area (Å²) in [5.74, 6) is 3.96.